The molecular formula is C8H24Cl3N3. The van der Waals surface area contributed by atoms with Gasteiger partial charge in [0, 0.05) is 6.54 Å². The summed E-state index contributed by atoms with van der Waals surface area (Å²) in [6, 6.07) is 0. The van der Waals surface area contributed by atoms with E-state index in [0.29, 0.717) is 19.0 Å². The lowest BCUT2D eigenvalue weighted by atomic mass is 10.1. The van der Waals surface area contributed by atoms with Gasteiger partial charge in [0.05, 0.1) is 0 Å². The zero-order valence-electron chi connectivity index (χ0n) is 8.94. The minimum absolute atomic E-state index is 0. The monoisotopic (exact) mass is 267 g/mol. The van der Waals surface area contributed by atoms with Crippen molar-refractivity contribution in [3.05, 3.63) is 0 Å². The lowest BCUT2D eigenvalue weighted by molar-refractivity contribution is 0.258. The van der Waals surface area contributed by atoms with E-state index < -0.39 is 0 Å². The van der Waals surface area contributed by atoms with Crippen LogP contribution in [-0.4, -0.2) is 37.6 Å². The Morgan fingerprint density at radius 1 is 0.929 bits per heavy atom. The van der Waals surface area contributed by atoms with Gasteiger partial charge in [-0.15, -0.1) is 37.2 Å². The van der Waals surface area contributed by atoms with E-state index >= 15 is 0 Å². The van der Waals surface area contributed by atoms with Gasteiger partial charge >= 0.3 is 0 Å². The molecule has 6 heteroatoms. The fourth-order valence-electron chi connectivity index (χ4n) is 1.09. The third-order valence-electron chi connectivity index (χ3n) is 2.08. The molecule has 0 unspecified atom stereocenters. The van der Waals surface area contributed by atoms with Gasteiger partial charge in [0.2, 0.25) is 0 Å². The van der Waals surface area contributed by atoms with Gasteiger partial charge in [-0.05, 0) is 32.1 Å². The molecule has 3 nitrogen and oxygen atoms in total. The van der Waals surface area contributed by atoms with Crippen LogP contribution in [0.15, 0.2) is 0 Å². The second kappa shape index (κ2) is 16.2. The Morgan fingerprint density at radius 2 is 1.29 bits per heavy atom. The molecule has 0 aromatic rings. The quantitative estimate of drug-likeness (QED) is 0.759. The van der Waals surface area contributed by atoms with E-state index in [-0.39, 0.29) is 37.2 Å². The number of hydrogen-bond acceptors (Lipinski definition) is 3. The van der Waals surface area contributed by atoms with Crippen molar-refractivity contribution in [3.8, 4) is 0 Å². The van der Waals surface area contributed by atoms with Gasteiger partial charge < -0.3 is 16.4 Å². The Hall–Kier alpha value is 0.750. The highest BCUT2D eigenvalue weighted by atomic mass is 35.5. The minimum atomic E-state index is 0. The van der Waals surface area contributed by atoms with Gasteiger partial charge in [-0.2, -0.15) is 0 Å². The fourth-order valence-corrected chi connectivity index (χ4v) is 1.09. The van der Waals surface area contributed by atoms with Gasteiger partial charge in [-0.1, -0.05) is 13.8 Å². The van der Waals surface area contributed by atoms with Crippen molar-refractivity contribution in [3.63, 3.8) is 0 Å². The van der Waals surface area contributed by atoms with Crippen LogP contribution >= 0.6 is 37.2 Å². The molecule has 0 saturated heterocycles. The first-order chi connectivity index (χ1) is 5.28. The van der Waals surface area contributed by atoms with Crippen LogP contribution in [0.3, 0.4) is 0 Å². The van der Waals surface area contributed by atoms with Gasteiger partial charge in [-0.25, -0.2) is 0 Å². The second-order valence-electron chi connectivity index (χ2n) is 2.82. The van der Waals surface area contributed by atoms with Gasteiger partial charge in [0.25, 0.3) is 0 Å². The Morgan fingerprint density at radius 3 is 1.50 bits per heavy atom. The van der Waals surface area contributed by atoms with Crippen molar-refractivity contribution in [1.82, 2.24) is 4.90 Å². The molecule has 0 aromatic carbocycles. The molecule has 14 heavy (non-hydrogen) atoms. The highest BCUT2D eigenvalue weighted by Gasteiger charge is 2.07. The zero-order chi connectivity index (χ0) is 8.69. The first-order valence-electron chi connectivity index (χ1n) is 4.40. The summed E-state index contributed by atoms with van der Waals surface area (Å²) in [5, 5.41) is 0. The van der Waals surface area contributed by atoms with Gasteiger partial charge in [0.1, 0.15) is 0 Å². The van der Waals surface area contributed by atoms with Crippen molar-refractivity contribution in [2.75, 3.05) is 32.7 Å². The molecule has 0 aliphatic carbocycles. The predicted molar refractivity (Wildman–Crippen MR) is 71.1 cm³/mol. The van der Waals surface area contributed by atoms with Crippen LogP contribution in [0.2, 0.25) is 0 Å². The van der Waals surface area contributed by atoms with Crippen LogP contribution in [0.25, 0.3) is 0 Å². The number of rotatable bonds is 6. The Bertz CT molecular complexity index is 77.9. The Kier molecular flexibility index (Phi) is 27.9. The molecule has 0 radical (unpaired) electrons. The number of nitrogens with two attached hydrogens (primary N) is 2. The normalized spacial score (nSPS) is 9.00. The maximum Gasteiger partial charge on any atom is 0.00336 e. The van der Waals surface area contributed by atoms with Crippen LogP contribution in [0.5, 0.6) is 0 Å². The first kappa shape index (κ1) is 24.1. The lowest BCUT2D eigenvalue weighted by Gasteiger charge is -2.22. The topological polar surface area (TPSA) is 55.3 Å². The molecular weight excluding hydrogens is 244 g/mol. The number of nitrogens with zero attached hydrogens (tertiary/aromatic N) is 1. The van der Waals surface area contributed by atoms with E-state index in [0.717, 1.165) is 19.6 Å². The lowest BCUT2D eigenvalue weighted by Crippen LogP contribution is -2.36. The smallest absolute Gasteiger partial charge is 0.00336 e. The van der Waals surface area contributed by atoms with Crippen LogP contribution in [-0.2, 0) is 0 Å². The summed E-state index contributed by atoms with van der Waals surface area (Å²) >= 11 is 0. The summed E-state index contributed by atoms with van der Waals surface area (Å²) in [6.07, 6.45) is 0. The van der Waals surface area contributed by atoms with Crippen LogP contribution < -0.4 is 11.5 Å². The molecule has 0 fully saturated rings. The van der Waals surface area contributed by atoms with E-state index in [1.165, 1.54) is 0 Å². The molecule has 0 heterocycles. The van der Waals surface area contributed by atoms with E-state index in [4.69, 9.17) is 11.5 Å². The predicted octanol–water partition coefficient (Wildman–Crippen LogP) is 1.13. The summed E-state index contributed by atoms with van der Waals surface area (Å²) < 4.78 is 0. The molecule has 0 rings (SSSR count). The molecule has 0 spiro atoms. The third kappa shape index (κ3) is 10.8. The molecule has 92 valence electrons. The van der Waals surface area contributed by atoms with E-state index in [1.807, 2.05) is 0 Å². The van der Waals surface area contributed by atoms with Crippen LogP contribution in [0, 0.1) is 5.92 Å². The fraction of sp³-hybridized carbons (Fsp3) is 1.00. The molecule has 0 atom stereocenters. The average Bonchev–Trinajstić information content (AvgIpc) is 2.07. The highest BCUT2D eigenvalue weighted by molar-refractivity contribution is 5.86. The van der Waals surface area contributed by atoms with Crippen molar-refractivity contribution in [2.45, 2.75) is 13.8 Å². The molecule has 0 aromatic heterocycles. The standard InChI is InChI=1S/C8H21N3.3ClH/c1-3-11(4-2)7-8(5-9)6-10;;;/h8H,3-7,9-10H2,1-2H3;3*1H. The summed E-state index contributed by atoms with van der Waals surface area (Å²) in [6.45, 7) is 8.95. The Balaban J connectivity index is -0.000000167. The maximum absolute atomic E-state index is 5.53. The maximum atomic E-state index is 5.53. The van der Waals surface area contributed by atoms with Crippen molar-refractivity contribution >= 4 is 37.2 Å². The summed E-state index contributed by atoms with van der Waals surface area (Å²) in [4.78, 5) is 2.35. The van der Waals surface area contributed by atoms with Gasteiger partial charge in [-0.3, -0.25) is 0 Å². The SMILES string of the molecule is CCN(CC)CC(CN)CN.Cl.Cl.Cl. The van der Waals surface area contributed by atoms with Crippen molar-refractivity contribution < 1.29 is 0 Å². The minimum Gasteiger partial charge on any atom is -0.330 e. The van der Waals surface area contributed by atoms with Gasteiger partial charge in [0.15, 0.2) is 0 Å². The molecule has 4 N–H and O–H groups in total. The molecule has 0 aliphatic heterocycles. The van der Waals surface area contributed by atoms with E-state index in [2.05, 4.69) is 18.7 Å². The molecule has 0 aliphatic rings. The highest BCUT2D eigenvalue weighted by Crippen LogP contribution is 1.96. The van der Waals surface area contributed by atoms with Crippen LogP contribution in [0.1, 0.15) is 13.8 Å². The zero-order valence-corrected chi connectivity index (χ0v) is 11.4. The summed E-state index contributed by atoms with van der Waals surface area (Å²) in [7, 11) is 0. The average molecular weight is 269 g/mol. The molecule has 0 bridgehead atoms. The van der Waals surface area contributed by atoms with Crippen molar-refractivity contribution in [1.29, 1.82) is 0 Å². The summed E-state index contributed by atoms with van der Waals surface area (Å²) in [5.41, 5.74) is 11.1. The van der Waals surface area contributed by atoms with E-state index in [1.54, 1.807) is 0 Å². The number of hydrogen-bond donors (Lipinski definition) is 2. The molecule has 0 saturated carbocycles. The summed E-state index contributed by atoms with van der Waals surface area (Å²) in [5.74, 6) is 0.467. The first-order valence-corrected chi connectivity index (χ1v) is 4.40. The van der Waals surface area contributed by atoms with E-state index in [9.17, 15) is 0 Å². The van der Waals surface area contributed by atoms with Crippen LogP contribution in [0.4, 0.5) is 0 Å². The third-order valence-corrected chi connectivity index (χ3v) is 2.08. The Labute approximate surface area is 106 Å². The van der Waals surface area contributed by atoms with Crippen molar-refractivity contribution in [2.24, 2.45) is 17.4 Å². The second-order valence-corrected chi connectivity index (χ2v) is 2.82. The number of halogens is 3. The largest absolute Gasteiger partial charge is 0.330 e. The molecule has 0 amide bonds.